The normalized spacial score (nSPS) is 14.1. The van der Waals surface area contributed by atoms with Gasteiger partial charge in [0.1, 0.15) is 23.2 Å². The molecule has 2 heteroatoms. The Morgan fingerprint density at radius 1 is 0.588 bits per heavy atom. The first-order valence-corrected chi connectivity index (χ1v) is 14.5. The maximum atomic E-state index is 11.5. The molecule has 0 aliphatic heterocycles. The second-order valence-corrected chi connectivity index (χ2v) is 12.8. The number of rotatable bonds is 5. The first-order chi connectivity index (χ1) is 16.8. The molecule has 1 nitrogen and oxygen atoms in total. The molecule has 0 radical (unpaired) electrons. The minimum atomic E-state index is -1.53. The summed E-state index contributed by atoms with van der Waals surface area (Å²) in [6.45, 7) is 2.32. The SMILES string of the molecule is CC[P+](c1ccccc1)(c1ccccc1)c1ccccc1.[O-]c1ccccc1C1CCCCC1. The van der Waals surface area contributed by atoms with Crippen LogP contribution in [0.3, 0.4) is 0 Å². The molecule has 5 rings (SSSR count). The molecule has 0 atom stereocenters. The van der Waals surface area contributed by atoms with Crippen molar-refractivity contribution in [3.05, 3.63) is 121 Å². The molecule has 174 valence electrons. The molecule has 1 saturated carbocycles. The molecular formula is C32H35OP. The lowest BCUT2D eigenvalue weighted by atomic mass is 9.84. The summed E-state index contributed by atoms with van der Waals surface area (Å²) in [7, 11) is -1.53. The zero-order valence-electron chi connectivity index (χ0n) is 20.1. The molecule has 34 heavy (non-hydrogen) atoms. The molecule has 0 bridgehead atoms. The summed E-state index contributed by atoms with van der Waals surface area (Å²) in [6, 6.07) is 40.5. The van der Waals surface area contributed by atoms with Gasteiger partial charge in [0, 0.05) is 0 Å². The van der Waals surface area contributed by atoms with Crippen molar-refractivity contribution in [3.63, 3.8) is 0 Å². The van der Waals surface area contributed by atoms with Gasteiger partial charge >= 0.3 is 0 Å². The predicted octanol–water partition coefficient (Wildman–Crippen LogP) is 6.81. The van der Waals surface area contributed by atoms with Crippen LogP contribution < -0.4 is 21.0 Å². The highest BCUT2D eigenvalue weighted by molar-refractivity contribution is 7.95. The Balaban J connectivity index is 0.000000180. The second-order valence-electron chi connectivity index (χ2n) is 9.01. The van der Waals surface area contributed by atoms with Crippen molar-refractivity contribution in [2.75, 3.05) is 6.16 Å². The summed E-state index contributed by atoms with van der Waals surface area (Å²) in [5, 5.41) is 15.9. The fraction of sp³-hybridized carbons (Fsp3) is 0.250. The van der Waals surface area contributed by atoms with Crippen molar-refractivity contribution in [1.82, 2.24) is 0 Å². The van der Waals surface area contributed by atoms with E-state index in [0.717, 1.165) is 11.7 Å². The van der Waals surface area contributed by atoms with Gasteiger partial charge < -0.3 is 5.11 Å². The third-order valence-electron chi connectivity index (χ3n) is 7.03. The quantitative estimate of drug-likeness (QED) is 0.296. The van der Waals surface area contributed by atoms with E-state index in [4.69, 9.17) is 0 Å². The number of para-hydroxylation sites is 1. The van der Waals surface area contributed by atoms with E-state index in [1.54, 1.807) is 6.07 Å². The van der Waals surface area contributed by atoms with E-state index in [1.807, 2.05) is 18.2 Å². The second kappa shape index (κ2) is 12.0. The lowest BCUT2D eigenvalue weighted by Crippen LogP contribution is -2.32. The van der Waals surface area contributed by atoms with Crippen LogP contribution in [-0.2, 0) is 0 Å². The number of hydrogen-bond donors (Lipinski definition) is 0. The summed E-state index contributed by atoms with van der Waals surface area (Å²) in [5.41, 5.74) is 1.04. The van der Waals surface area contributed by atoms with Crippen LogP contribution in [0.4, 0.5) is 0 Å². The van der Waals surface area contributed by atoms with Crippen LogP contribution in [0.15, 0.2) is 115 Å². The molecule has 0 amide bonds. The van der Waals surface area contributed by atoms with Gasteiger partial charge in [0.05, 0.1) is 6.16 Å². The molecular weight excluding hydrogens is 431 g/mol. The smallest absolute Gasteiger partial charge is 0.111 e. The highest BCUT2D eigenvalue weighted by Gasteiger charge is 2.43. The minimum absolute atomic E-state index is 0.231. The van der Waals surface area contributed by atoms with Gasteiger partial charge in [-0.1, -0.05) is 104 Å². The Bertz CT molecular complexity index is 1020. The molecule has 1 fully saturated rings. The summed E-state index contributed by atoms with van der Waals surface area (Å²) < 4.78 is 0. The zero-order valence-corrected chi connectivity index (χ0v) is 21.0. The molecule has 0 heterocycles. The van der Waals surface area contributed by atoms with Gasteiger partial charge in [-0.05, 0) is 62.1 Å². The van der Waals surface area contributed by atoms with Crippen LogP contribution in [0.2, 0.25) is 0 Å². The monoisotopic (exact) mass is 466 g/mol. The summed E-state index contributed by atoms with van der Waals surface area (Å²) >= 11 is 0. The zero-order chi connectivity index (χ0) is 23.6. The van der Waals surface area contributed by atoms with E-state index in [2.05, 4.69) is 97.9 Å². The van der Waals surface area contributed by atoms with Gasteiger partial charge in [0.15, 0.2) is 0 Å². The Labute approximate surface area is 205 Å². The van der Waals surface area contributed by atoms with E-state index in [1.165, 1.54) is 48.0 Å². The van der Waals surface area contributed by atoms with Gasteiger partial charge in [-0.2, -0.15) is 0 Å². The van der Waals surface area contributed by atoms with Crippen LogP contribution in [-0.4, -0.2) is 6.16 Å². The highest BCUT2D eigenvalue weighted by Crippen LogP contribution is 2.54. The van der Waals surface area contributed by atoms with Gasteiger partial charge in [0.2, 0.25) is 0 Å². The van der Waals surface area contributed by atoms with Crippen LogP contribution >= 0.6 is 7.26 Å². The van der Waals surface area contributed by atoms with E-state index < -0.39 is 7.26 Å². The van der Waals surface area contributed by atoms with Crippen molar-refractivity contribution in [3.8, 4) is 5.75 Å². The molecule has 1 aliphatic rings. The maximum Gasteiger partial charge on any atom is 0.111 e. The first kappa shape index (κ1) is 24.2. The lowest BCUT2D eigenvalue weighted by molar-refractivity contribution is -0.269. The molecule has 0 N–H and O–H groups in total. The maximum absolute atomic E-state index is 11.5. The topological polar surface area (TPSA) is 23.1 Å². The Kier molecular flexibility index (Phi) is 8.56. The fourth-order valence-corrected chi connectivity index (χ4v) is 9.31. The molecule has 0 unspecified atom stereocenters. The van der Waals surface area contributed by atoms with Crippen molar-refractivity contribution in [2.45, 2.75) is 44.9 Å². The molecule has 0 aromatic heterocycles. The molecule has 0 saturated heterocycles. The Morgan fingerprint density at radius 2 is 1.00 bits per heavy atom. The van der Waals surface area contributed by atoms with Crippen molar-refractivity contribution in [1.29, 1.82) is 0 Å². The largest absolute Gasteiger partial charge is 0.872 e. The average Bonchev–Trinajstić information content (AvgIpc) is 2.93. The molecule has 4 aromatic carbocycles. The third kappa shape index (κ3) is 5.43. The Morgan fingerprint density at radius 3 is 1.41 bits per heavy atom. The number of hydrogen-bond acceptors (Lipinski definition) is 1. The van der Waals surface area contributed by atoms with Crippen molar-refractivity contribution in [2.24, 2.45) is 0 Å². The molecule has 0 spiro atoms. The average molecular weight is 467 g/mol. The molecule has 4 aromatic rings. The first-order valence-electron chi connectivity index (χ1n) is 12.6. The standard InChI is InChI=1S/C20H20P.C12H16O/c1-2-21(18-12-6-3-7-13-18,19-14-8-4-9-15-19)20-16-10-5-11-17-20;13-12-9-5-4-8-11(12)10-6-2-1-3-7-10/h3-17H,2H2,1H3;4-5,8-10,13H,1-3,6-7H2/q+1;/p-1. The Hall–Kier alpha value is -2.89. The van der Waals surface area contributed by atoms with Gasteiger partial charge in [-0.25, -0.2) is 0 Å². The van der Waals surface area contributed by atoms with E-state index in [-0.39, 0.29) is 5.75 Å². The fourth-order valence-electron chi connectivity index (χ4n) is 5.27. The van der Waals surface area contributed by atoms with Gasteiger partial charge in [-0.15, -0.1) is 5.75 Å². The van der Waals surface area contributed by atoms with Crippen molar-refractivity contribution < 1.29 is 5.11 Å². The van der Waals surface area contributed by atoms with Crippen LogP contribution in [0, 0.1) is 0 Å². The van der Waals surface area contributed by atoms with Crippen molar-refractivity contribution >= 4 is 23.2 Å². The van der Waals surface area contributed by atoms with Gasteiger partial charge in [-0.3, -0.25) is 0 Å². The molecule has 1 aliphatic carbocycles. The van der Waals surface area contributed by atoms with Crippen LogP contribution in [0.1, 0.15) is 50.5 Å². The lowest BCUT2D eigenvalue weighted by Gasteiger charge is -2.26. The van der Waals surface area contributed by atoms with Gasteiger partial charge in [0.25, 0.3) is 0 Å². The summed E-state index contributed by atoms with van der Waals surface area (Å²) in [5.74, 6) is 0.775. The third-order valence-corrected chi connectivity index (χ3v) is 11.5. The minimum Gasteiger partial charge on any atom is -0.872 e. The van der Waals surface area contributed by atoms with Crippen LogP contribution in [0.5, 0.6) is 5.75 Å². The van der Waals surface area contributed by atoms with E-state index >= 15 is 0 Å². The predicted molar refractivity (Wildman–Crippen MR) is 147 cm³/mol. The van der Waals surface area contributed by atoms with E-state index in [9.17, 15) is 5.11 Å². The van der Waals surface area contributed by atoms with Crippen LogP contribution in [0.25, 0.3) is 0 Å². The number of benzene rings is 4. The summed E-state index contributed by atoms with van der Waals surface area (Å²) in [6.07, 6.45) is 7.49. The van der Waals surface area contributed by atoms with E-state index in [0.29, 0.717) is 5.92 Å². The summed E-state index contributed by atoms with van der Waals surface area (Å²) in [4.78, 5) is 0. The highest BCUT2D eigenvalue weighted by atomic mass is 31.2.